The monoisotopic (exact) mass is 818 g/mol. The van der Waals surface area contributed by atoms with Gasteiger partial charge in [0.2, 0.25) is 5.91 Å². The van der Waals surface area contributed by atoms with Gasteiger partial charge in [0.05, 0.1) is 25.4 Å². The molecule has 57 heavy (non-hydrogen) atoms. The second-order valence-corrected chi connectivity index (χ2v) is 17.2. The Labute approximate surface area is 348 Å². The quantitative estimate of drug-likeness (QED) is 0.0283. The number of nitrogens with one attached hydrogen (secondary N) is 1. The molecule has 1 aliphatic heterocycles. The number of aliphatic hydroxyl groups excluding tert-OH is 7. The molecule has 11 heteroatoms. The van der Waals surface area contributed by atoms with E-state index in [1.807, 2.05) is 0 Å². The molecule has 0 aromatic carbocycles. The fourth-order valence-electron chi connectivity index (χ4n) is 7.91. The lowest BCUT2D eigenvalue weighted by Crippen LogP contribution is -2.60. The number of ether oxygens (including phenoxy) is 2. The van der Waals surface area contributed by atoms with Crippen molar-refractivity contribution in [2.45, 2.75) is 274 Å². The summed E-state index contributed by atoms with van der Waals surface area (Å²) in [6.07, 6.45) is 26.9. The van der Waals surface area contributed by atoms with E-state index in [0.717, 1.165) is 38.5 Å². The lowest BCUT2D eigenvalue weighted by atomic mass is 9.98. The van der Waals surface area contributed by atoms with E-state index in [9.17, 15) is 40.5 Å². The van der Waals surface area contributed by atoms with Gasteiger partial charge in [-0.2, -0.15) is 0 Å². The van der Waals surface area contributed by atoms with Crippen LogP contribution < -0.4 is 5.32 Å². The molecule has 1 amide bonds. The Morgan fingerprint density at radius 2 is 0.912 bits per heavy atom. The number of carbonyl (C=O) groups is 1. The molecule has 0 spiro atoms. The zero-order chi connectivity index (χ0) is 41.9. The molecule has 0 saturated carbocycles. The Morgan fingerprint density at radius 3 is 1.32 bits per heavy atom. The molecule has 11 nitrogen and oxygen atoms in total. The van der Waals surface area contributed by atoms with Crippen molar-refractivity contribution in [1.82, 2.24) is 5.32 Å². The number of aliphatic hydroxyl groups is 7. The summed E-state index contributed by atoms with van der Waals surface area (Å²) < 4.78 is 11.0. The van der Waals surface area contributed by atoms with E-state index in [-0.39, 0.29) is 6.42 Å². The van der Waals surface area contributed by atoms with Gasteiger partial charge in [0.25, 0.3) is 0 Å². The summed E-state index contributed by atoms with van der Waals surface area (Å²) in [6.45, 7) is 3.30. The van der Waals surface area contributed by atoms with Crippen LogP contribution in [0, 0.1) is 0 Å². The molecule has 340 valence electrons. The fraction of sp³-hybridized carbons (Fsp3) is 0.978. The first-order valence-electron chi connectivity index (χ1n) is 23.9. The van der Waals surface area contributed by atoms with Gasteiger partial charge in [0.1, 0.15) is 36.6 Å². The molecule has 0 aliphatic carbocycles. The number of amides is 1. The van der Waals surface area contributed by atoms with Crippen LogP contribution in [0.1, 0.15) is 219 Å². The first-order valence-corrected chi connectivity index (χ1v) is 23.9. The minimum atomic E-state index is -1.65. The molecule has 9 unspecified atom stereocenters. The van der Waals surface area contributed by atoms with Crippen LogP contribution in [-0.2, 0) is 14.3 Å². The van der Waals surface area contributed by atoms with Gasteiger partial charge in [0, 0.05) is 0 Å². The van der Waals surface area contributed by atoms with Crippen LogP contribution in [0.5, 0.6) is 0 Å². The molecule has 8 N–H and O–H groups in total. The SMILES string of the molecule is CCCCCCCCCCCCCCCCCCCCCCCCCCCCC(O)C(=O)NC(COC1OC(CO)C(O)C(O)C1O)C(O)C(O)CCCCCC. The van der Waals surface area contributed by atoms with Crippen LogP contribution in [0.15, 0.2) is 0 Å². The number of carbonyl (C=O) groups excluding carboxylic acids is 1. The Kier molecular flexibility index (Phi) is 35.1. The smallest absolute Gasteiger partial charge is 0.249 e. The minimum Gasteiger partial charge on any atom is -0.394 e. The molecule has 1 aliphatic rings. The van der Waals surface area contributed by atoms with E-state index in [0.29, 0.717) is 19.3 Å². The molecular formula is C46H91NO10. The first kappa shape index (κ1) is 54.1. The summed E-state index contributed by atoms with van der Waals surface area (Å²) >= 11 is 0. The molecule has 1 saturated heterocycles. The van der Waals surface area contributed by atoms with E-state index in [4.69, 9.17) is 9.47 Å². The van der Waals surface area contributed by atoms with Crippen molar-refractivity contribution in [1.29, 1.82) is 0 Å². The second-order valence-electron chi connectivity index (χ2n) is 17.2. The lowest BCUT2D eigenvalue weighted by molar-refractivity contribution is -0.303. The zero-order valence-electron chi connectivity index (χ0n) is 36.6. The maximum Gasteiger partial charge on any atom is 0.249 e. The summed E-state index contributed by atoms with van der Waals surface area (Å²) in [5.41, 5.74) is 0. The van der Waals surface area contributed by atoms with Crippen LogP contribution in [-0.4, -0.2) is 110 Å². The summed E-state index contributed by atoms with van der Waals surface area (Å²) in [5.74, 6) is -0.700. The van der Waals surface area contributed by atoms with Gasteiger partial charge in [-0.25, -0.2) is 0 Å². The Balaban J connectivity index is 2.16. The van der Waals surface area contributed by atoms with Crippen molar-refractivity contribution in [2.75, 3.05) is 13.2 Å². The molecule has 0 aromatic rings. The number of rotatable bonds is 40. The van der Waals surface area contributed by atoms with Crippen molar-refractivity contribution in [3.63, 3.8) is 0 Å². The van der Waals surface area contributed by atoms with Gasteiger partial charge >= 0.3 is 0 Å². The average molecular weight is 818 g/mol. The minimum absolute atomic E-state index is 0.265. The fourth-order valence-corrected chi connectivity index (χ4v) is 7.91. The van der Waals surface area contributed by atoms with Crippen LogP contribution in [0.2, 0.25) is 0 Å². The average Bonchev–Trinajstić information content (AvgIpc) is 3.21. The van der Waals surface area contributed by atoms with Crippen LogP contribution >= 0.6 is 0 Å². The van der Waals surface area contributed by atoms with Crippen molar-refractivity contribution >= 4 is 5.91 Å². The van der Waals surface area contributed by atoms with Gasteiger partial charge in [-0.1, -0.05) is 206 Å². The molecule has 1 rings (SSSR count). The van der Waals surface area contributed by atoms with Gasteiger partial charge in [0.15, 0.2) is 6.29 Å². The predicted octanol–water partition coefficient (Wildman–Crippen LogP) is 7.89. The maximum atomic E-state index is 13.0. The Bertz CT molecular complexity index is 897. The van der Waals surface area contributed by atoms with Crippen LogP contribution in [0.25, 0.3) is 0 Å². The van der Waals surface area contributed by atoms with E-state index in [2.05, 4.69) is 19.2 Å². The number of hydrogen-bond acceptors (Lipinski definition) is 10. The summed E-state index contributed by atoms with van der Waals surface area (Å²) in [5, 5.41) is 74.9. The van der Waals surface area contributed by atoms with Gasteiger partial charge < -0.3 is 50.5 Å². The molecular weight excluding hydrogens is 727 g/mol. The van der Waals surface area contributed by atoms with Crippen molar-refractivity contribution in [3.05, 3.63) is 0 Å². The summed E-state index contributed by atoms with van der Waals surface area (Å²) in [4.78, 5) is 13.0. The highest BCUT2D eigenvalue weighted by Gasteiger charge is 2.44. The standard InChI is InChI=1S/C46H91NO10/c1-3-5-7-9-10-11-12-13-14-15-16-17-18-19-20-21-22-23-24-25-26-27-28-29-30-32-34-39(50)45(55)47-37(41(51)38(49)33-31-8-6-4-2)36-56-46-44(54)43(53)42(52)40(35-48)57-46/h37-44,46,48-54H,3-36H2,1-2H3,(H,47,55). The third-order valence-electron chi connectivity index (χ3n) is 11.9. The Hall–Kier alpha value is -0.890. The van der Waals surface area contributed by atoms with Gasteiger partial charge in [-0.05, 0) is 12.8 Å². The molecule has 0 radical (unpaired) electrons. The lowest BCUT2D eigenvalue weighted by Gasteiger charge is -2.40. The number of unbranched alkanes of at least 4 members (excludes halogenated alkanes) is 28. The molecule has 1 fully saturated rings. The summed E-state index contributed by atoms with van der Waals surface area (Å²) in [6, 6.07) is -1.16. The molecule has 9 atom stereocenters. The zero-order valence-corrected chi connectivity index (χ0v) is 36.6. The van der Waals surface area contributed by atoms with Crippen molar-refractivity contribution < 1.29 is 50.0 Å². The van der Waals surface area contributed by atoms with E-state index >= 15 is 0 Å². The molecule has 1 heterocycles. The van der Waals surface area contributed by atoms with E-state index in [1.165, 1.54) is 141 Å². The van der Waals surface area contributed by atoms with Crippen LogP contribution in [0.3, 0.4) is 0 Å². The largest absolute Gasteiger partial charge is 0.394 e. The van der Waals surface area contributed by atoms with Crippen LogP contribution in [0.4, 0.5) is 0 Å². The van der Waals surface area contributed by atoms with Crippen molar-refractivity contribution in [2.24, 2.45) is 0 Å². The van der Waals surface area contributed by atoms with E-state index in [1.54, 1.807) is 0 Å². The molecule has 0 bridgehead atoms. The normalized spacial score (nSPS) is 22.0. The highest BCUT2D eigenvalue weighted by Crippen LogP contribution is 2.23. The summed E-state index contributed by atoms with van der Waals surface area (Å²) in [7, 11) is 0. The third kappa shape index (κ3) is 26.8. The second kappa shape index (κ2) is 36.9. The Morgan fingerprint density at radius 1 is 0.544 bits per heavy atom. The van der Waals surface area contributed by atoms with Gasteiger partial charge in [-0.15, -0.1) is 0 Å². The maximum absolute atomic E-state index is 13.0. The predicted molar refractivity (Wildman–Crippen MR) is 229 cm³/mol. The molecule has 0 aromatic heterocycles. The third-order valence-corrected chi connectivity index (χ3v) is 11.9. The van der Waals surface area contributed by atoms with Crippen molar-refractivity contribution in [3.8, 4) is 0 Å². The topological polar surface area (TPSA) is 189 Å². The highest BCUT2D eigenvalue weighted by molar-refractivity contribution is 5.80. The van der Waals surface area contributed by atoms with E-state index < -0.39 is 74.2 Å². The first-order chi connectivity index (χ1) is 27.7. The number of hydrogen-bond donors (Lipinski definition) is 8. The van der Waals surface area contributed by atoms with Gasteiger partial charge in [-0.3, -0.25) is 4.79 Å². The highest BCUT2D eigenvalue weighted by atomic mass is 16.7.